The Balaban J connectivity index is 3.20. The number of hydrogen-bond donors (Lipinski definition) is 0. The molecule has 0 bridgehead atoms. The summed E-state index contributed by atoms with van der Waals surface area (Å²) in [5.41, 5.74) is -0.0428. The van der Waals surface area contributed by atoms with Gasteiger partial charge < -0.3 is 4.74 Å². The molecular weight excluding hydrogens is 198 g/mol. The highest BCUT2D eigenvalue weighted by Crippen LogP contribution is 2.29. The third kappa shape index (κ3) is 2.67. The van der Waals surface area contributed by atoms with Gasteiger partial charge in [0.2, 0.25) is 0 Å². The van der Waals surface area contributed by atoms with Crippen LogP contribution >= 0.6 is 0 Å². The topological polar surface area (TPSA) is 9.23 Å². The number of ether oxygens (including phenoxy) is 1. The second-order valence-corrected chi connectivity index (χ2v) is 4.45. The third-order valence-electron chi connectivity index (χ3n) is 2.13. The van der Waals surface area contributed by atoms with E-state index < -0.39 is 17.0 Å². The van der Waals surface area contributed by atoms with Crippen molar-refractivity contribution in [2.45, 2.75) is 33.1 Å². The molecule has 0 atom stereocenters. The van der Waals surface area contributed by atoms with E-state index in [2.05, 4.69) is 0 Å². The number of benzene rings is 1. The molecule has 0 N–H and O–H groups in total. The Morgan fingerprint density at radius 3 is 2.20 bits per heavy atom. The van der Waals surface area contributed by atoms with E-state index in [4.69, 9.17) is 4.74 Å². The van der Waals surface area contributed by atoms with Crippen molar-refractivity contribution in [3.8, 4) is 5.75 Å². The van der Waals surface area contributed by atoms with Crippen LogP contribution in [0.5, 0.6) is 5.75 Å². The maximum Gasteiger partial charge on any atom is 0.165 e. The van der Waals surface area contributed by atoms with E-state index in [1.807, 2.05) is 20.8 Å². The first-order chi connectivity index (χ1) is 6.86. The molecule has 1 aromatic rings. The molecule has 0 saturated heterocycles. The van der Waals surface area contributed by atoms with Crippen LogP contribution in [0, 0.1) is 11.6 Å². The highest BCUT2D eigenvalue weighted by atomic mass is 19.1. The smallest absolute Gasteiger partial charge is 0.165 e. The Morgan fingerprint density at radius 2 is 1.73 bits per heavy atom. The second-order valence-electron chi connectivity index (χ2n) is 4.45. The summed E-state index contributed by atoms with van der Waals surface area (Å²) < 4.78 is 32.0. The van der Waals surface area contributed by atoms with Crippen molar-refractivity contribution in [3.05, 3.63) is 29.3 Å². The van der Waals surface area contributed by atoms with Crippen LogP contribution in [0.4, 0.5) is 8.78 Å². The van der Waals surface area contributed by atoms with Crippen molar-refractivity contribution < 1.29 is 13.5 Å². The van der Waals surface area contributed by atoms with Crippen LogP contribution in [0.1, 0.15) is 33.3 Å². The van der Waals surface area contributed by atoms with Gasteiger partial charge in [-0.15, -0.1) is 0 Å². The molecule has 0 aromatic heterocycles. The summed E-state index contributed by atoms with van der Waals surface area (Å²) in [5.74, 6) is -0.960. The fourth-order valence-corrected chi connectivity index (χ4v) is 1.37. The molecule has 0 fully saturated rings. The molecule has 0 aliphatic heterocycles. The van der Waals surface area contributed by atoms with Crippen LogP contribution < -0.4 is 4.74 Å². The molecule has 1 rings (SSSR count). The Bertz CT molecular complexity index is 353. The van der Waals surface area contributed by atoms with Gasteiger partial charge in [0.1, 0.15) is 5.82 Å². The van der Waals surface area contributed by atoms with E-state index in [0.717, 1.165) is 6.07 Å². The van der Waals surface area contributed by atoms with E-state index in [-0.39, 0.29) is 5.75 Å². The molecule has 1 aromatic carbocycles. The Kier molecular flexibility index (Phi) is 3.32. The van der Waals surface area contributed by atoms with Gasteiger partial charge in [-0.05, 0) is 24.0 Å². The molecular formula is C12H16F2O. The van der Waals surface area contributed by atoms with Gasteiger partial charge in [-0.3, -0.25) is 0 Å². The molecule has 15 heavy (non-hydrogen) atoms. The van der Waals surface area contributed by atoms with E-state index in [9.17, 15) is 8.78 Å². The Labute approximate surface area is 89.1 Å². The van der Waals surface area contributed by atoms with E-state index in [1.165, 1.54) is 6.07 Å². The largest absolute Gasteiger partial charge is 0.491 e. The highest BCUT2D eigenvalue weighted by Gasteiger charge is 2.21. The average molecular weight is 214 g/mol. The predicted molar refractivity (Wildman–Crippen MR) is 56.2 cm³/mol. The van der Waals surface area contributed by atoms with Crippen molar-refractivity contribution >= 4 is 0 Å². The monoisotopic (exact) mass is 214 g/mol. The van der Waals surface area contributed by atoms with Crippen LogP contribution in [-0.4, -0.2) is 6.61 Å². The maximum atomic E-state index is 13.6. The lowest BCUT2D eigenvalue weighted by Gasteiger charge is -2.20. The van der Waals surface area contributed by atoms with Gasteiger partial charge in [0.25, 0.3) is 0 Å². The number of halogens is 2. The summed E-state index contributed by atoms with van der Waals surface area (Å²) >= 11 is 0. The van der Waals surface area contributed by atoms with Gasteiger partial charge in [0, 0.05) is 6.07 Å². The number of rotatable bonds is 2. The minimum absolute atomic E-state index is 0.0250. The quantitative estimate of drug-likeness (QED) is 0.730. The van der Waals surface area contributed by atoms with Gasteiger partial charge in [0.15, 0.2) is 11.6 Å². The van der Waals surface area contributed by atoms with E-state index in [1.54, 1.807) is 6.92 Å². The predicted octanol–water partition coefficient (Wildman–Crippen LogP) is 3.66. The van der Waals surface area contributed by atoms with Crippen molar-refractivity contribution in [1.29, 1.82) is 0 Å². The molecule has 0 aliphatic carbocycles. The summed E-state index contributed by atoms with van der Waals surface area (Å²) in [6.45, 7) is 7.57. The SMILES string of the molecule is CCOc1cc(F)c(C(C)(C)C)cc1F. The van der Waals surface area contributed by atoms with Gasteiger partial charge in [0.05, 0.1) is 6.61 Å². The van der Waals surface area contributed by atoms with Crippen LogP contribution in [0.25, 0.3) is 0 Å². The van der Waals surface area contributed by atoms with Gasteiger partial charge in [-0.2, -0.15) is 0 Å². The number of hydrogen-bond acceptors (Lipinski definition) is 1. The van der Waals surface area contributed by atoms with E-state index in [0.29, 0.717) is 12.2 Å². The van der Waals surface area contributed by atoms with Crippen LogP contribution in [0.3, 0.4) is 0 Å². The zero-order valence-electron chi connectivity index (χ0n) is 9.53. The zero-order chi connectivity index (χ0) is 11.6. The van der Waals surface area contributed by atoms with Crippen molar-refractivity contribution in [3.63, 3.8) is 0 Å². The lowest BCUT2D eigenvalue weighted by atomic mass is 9.86. The van der Waals surface area contributed by atoms with Crippen molar-refractivity contribution in [2.24, 2.45) is 0 Å². The van der Waals surface area contributed by atoms with Crippen LogP contribution in [0.2, 0.25) is 0 Å². The minimum atomic E-state index is -0.511. The minimum Gasteiger partial charge on any atom is -0.491 e. The Morgan fingerprint density at radius 1 is 1.13 bits per heavy atom. The average Bonchev–Trinajstić information content (AvgIpc) is 2.09. The van der Waals surface area contributed by atoms with Crippen molar-refractivity contribution in [2.75, 3.05) is 6.61 Å². The molecule has 3 heteroatoms. The molecule has 84 valence electrons. The fourth-order valence-electron chi connectivity index (χ4n) is 1.37. The summed E-state index contributed by atoms with van der Waals surface area (Å²) in [6, 6.07) is 2.32. The first-order valence-corrected chi connectivity index (χ1v) is 4.98. The molecule has 0 saturated carbocycles. The standard InChI is InChI=1S/C12H16F2O/c1-5-15-11-7-9(13)8(6-10(11)14)12(2,3)4/h6-7H,5H2,1-4H3. The first kappa shape index (κ1) is 12.0. The molecule has 0 amide bonds. The Hall–Kier alpha value is -1.12. The second kappa shape index (κ2) is 4.17. The highest BCUT2D eigenvalue weighted by molar-refractivity contribution is 5.34. The molecule has 1 nitrogen and oxygen atoms in total. The molecule has 0 radical (unpaired) electrons. The zero-order valence-corrected chi connectivity index (χ0v) is 9.53. The summed E-state index contributed by atoms with van der Waals surface area (Å²) in [6.07, 6.45) is 0. The lowest BCUT2D eigenvalue weighted by Crippen LogP contribution is -2.14. The summed E-state index contributed by atoms with van der Waals surface area (Å²) in [5, 5.41) is 0. The third-order valence-corrected chi connectivity index (χ3v) is 2.13. The van der Waals surface area contributed by atoms with Crippen molar-refractivity contribution in [1.82, 2.24) is 0 Å². The van der Waals surface area contributed by atoms with Gasteiger partial charge >= 0.3 is 0 Å². The fraction of sp³-hybridized carbons (Fsp3) is 0.500. The molecule has 0 spiro atoms. The molecule has 0 aliphatic rings. The van der Waals surface area contributed by atoms with Crippen LogP contribution in [0.15, 0.2) is 12.1 Å². The lowest BCUT2D eigenvalue weighted by molar-refractivity contribution is 0.318. The maximum absolute atomic E-state index is 13.6. The summed E-state index contributed by atoms with van der Waals surface area (Å²) in [7, 11) is 0. The first-order valence-electron chi connectivity index (χ1n) is 4.98. The molecule has 0 unspecified atom stereocenters. The van der Waals surface area contributed by atoms with E-state index >= 15 is 0 Å². The van der Waals surface area contributed by atoms with Crippen LogP contribution in [-0.2, 0) is 5.41 Å². The summed E-state index contributed by atoms with van der Waals surface area (Å²) in [4.78, 5) is 0. The van der Waals surface area contributed by atoms with Gasteiger partial charge in [-0.25, -0.2) is 8.78 Å². The van der Waals surface area contributed by atoms with Gasteiger partial charge in [-0.1, -0.05) is 20.8 Å². The molecule has 0 heterocycles. The normalized spacial score (nSPS) is 11.6.